The van der Waals surface area contributed by atoms with E-state index in [9.17, 15) is 0 Å². The van der Waals surface area contributed by atoms with Gasteiger partial charge in [0.1, 0.15) is 6.54 Å². The minimum Gasteiger partial charge on any atom is -0.360 e. The number of nitrogens with zero attached hydrogens (tertiary/aromatic N) is 1. The fraction of sp³-hybridized carbons (Fsp3) is 0.429. The summed E-state index contributed by atoms with van der Waals surface area (Å²) in [4.78, 5) is 4.27. The van der Waals surface area contributed by atoms with Crippen molar-refractivity contribution in [3.63, 3.8) is 0 Å². The van der Waals surface area contributed by atoms with E-state index in [2.05, 4.69) is 68.1 Å². The van der Waals surface area contributed by atoms with Gasteiger partial charge in [0.2, 0.25) is 0 Å². The predicted molar refractivity (Wildman–Crippen MR) is 98.3 cm³/mol. The number of piperazine rings is 1. The second-order valence-corrected chi connectivity index (χ2v) is 6.80. The molecule has 2 heteroatoms. The standard InChI is InChI=1S/C21H28N2/c1-4-19-8-10-20(11-9-19)16-22-12-14-23(15-13-22)21-7-5-6-17(2)18(21)3/h5-11H,4,12-16H2,1-3H3/p+1. The topological polar surface area (TPSA) is 7.68 Å². The van der Waals surface area contributed by atoms with E-state index in [0.29, 0.717) is 0 Å². The van der Waals surface area contributed by atoms with E-state index in [4.69, 9.17) is 0 Å². The highest BCUT2D eigenvalue weighted by molar-refractivity contribution is 5.56. The van der Waals surface area contributed by atoms with Crippen LogP contribution in [0.4, 0.5) is 5.69 Å². The zero-order valence-corrected chi connectivity index (χ0v) is 14.7. The maximum atomic E-state index is 2.56. The first-order valence-corrected chi connectivity index (χ1v) is 8.90. The number of anilines is 1. The normalized spacial score (nSPS) is 15.9. The summed E-state index contributed by atoms with van der Waals surface area (Å²) in [6, 6.07) is 15.8. The second-order valence-electron chi connectivity index (χ2n) is 6.80. The first-order chi connectivity index (χ1) is 11.2. The van der Waals surface area contributed by atoms with Gasteiger partial charge in [0.25, 0.3) is 0 Å². The van der Waals surface area contributed by atoms with Gasteiger partial charge in [-0.1, -0.05) is 43.3 Å². The van der Waals surface area contributed by atoms with Crippen molar-refractivity contribution in [3.8, 4) is 0 Å². The van der Waals surface area contributed by atoms with Crippen molar-refractivity contribution in [1.82, 2.24) is 0 Å². The highest BCUT2D eigenvalue weighted by Gasteiger charge is 2.21. The maximum Gasteiger partial charge on any atom is 0.103 e. The molecule has 0 aromatic heterocycles. The Hall–Kier alpha value is -1.80. The van der Waals surface area contributed by atoms with Crippen LogP contribution in [0.25, 0.3) is 0 Å². The number of hydrogen-bond donors (Lipinski definition) is 1. The molecule has 2 aromatic carbocycles. The van der Waals surface area contributed by atoms with Gasteiger partial charge >= 0.3 is 0 Å². The molecule has 2 aromatic rings. The van der Waals surface area contributed by atoms with E-state index in [-0.39, 0.29) is 0 Å². The molecule has 0 amide bonds. The zero-order valence-electron chi connectivity index (χ0n) is 14.7. The fourth-order valence-electron chi connectivity index (χ4n) is 3.50. The average molecular weight is 309 g/mol. The first kappa shape index (κ1) is 16.1. The third kappa shape index (κ3) is 3.76. The largest absolute Gasteiger partial charge is 0.360 e. The molecule has 0 atom stereocenters. The average Bonchev–Trinajstić information content (AvgIpc) is 2.59. The molecule has 0 spiro atoms. The maximum absolute atomic E-state index is 2.56. The number of aryl methyl sites for hydroxylation is 2. The predicted octanol–water partition coefficient (Wildman–Crippen LogP) is 2.77. The fourth-order valence-corrected chi connectivity index (χ4v) is 3.50. The Morgan fingerprint density at radius 2 is 1.57 bits per heavy atom. The molecule has 23 heavy (non-hydrogen) atoms. The first-order valence-electron chi connectivity index (χ1n) is 8.90. The Balaban J connectivity index is 1.58. The Kier molecular flexibility index (Phi) is 5.02. The molecule has 1 fully saturated rings. The van der Waals surface area contributed by atoms with Gasteiger partial charge in [-0.3, -0.25) is 0 Å². The lowest BCUT2D eigenvalue weighted by Gasteiger charge is -2.34. The summed E-state index contributed by atoms with van der Waals surface area (Å²) in [6.07, 6.45) is 1.13. The molecule has 1 heterocycles. The summed E-state index contributed by atoms with van der Waals surface area (Å²) < 4.78 is 0. The Labute approximate surface area is 140 Å². The number of nitrogens with one attached hydrogen (secondary N) is 1. The van der Waals surface area contributed by atoms with E-state index in [1.807, 2.05) is 0 Å². The second kappa shape index (κ2) is 7.18. The SMILES string of the molecule is CCc1ccc(C[NH+]2CCN(c3cccc(C)c3C)CC2)cc1. The molecule has 0 saturated carbocycles. The highest BCUT2D eigenvalue weighted by Crippen LogP contribution is 2.22. The highest BCUT2D eigenvalue weighted by atomic mass is 15.3. The zero-order chi connectivity index (χ0) is 16.2. The van der Waals surface area contributed by atoms with Crippen molar-refractivity contribution in [1.29, 1.82) is 0 Å². The molecule has 1 aliphatic heterocycles. The lowest BCUT2D eigenvalue weighted by Crippen LogP contribution is -3.13. The van der Waals surface area contributed by atoms with Crippen molar-refractivity contribution in [2.45, 2.75) is 33.7 Å². The molecule has 122 valence electrons. The quantitative estimate of drug-likeness (QED) is 0.912. The van der Waals surface area contributed by atoms with Crippen LogP contribution in [0.2, 0.25) is 0 Å². The minimum absolute atomic E-state index is 1.13. The van der Waals surface area contributed by atoms with E-state index in [0.717, 1.165) is 26.1 Å². The molecular weight excluding hydrogens is 280 g/mol. The van der Waals surface area contributed by atoms with Gasteiger partial charge in [-0.15, -0.1) is 0 Å². The van der Waals surface area contributed by atoms with E-state index >= 15 is 0 Å². The van der Waals surface area contributed by atoms with Crippen LogP contribution in [-0.2, 0) is 13.0 Å². The Morgan fingerprint density at radius 1 is 0.913 bits per heavy atom. The number of hydrogen-bond acceptors (Lipinski definition) is 1. The van der Waals surface area contributed by atoms with Crippen LogP contribution in [0.1, 0.15) is 29.2 Å². The van der Waals surface area contributed by atoms with Crippen molar-refractivity contribution in [2.75, 3.05) is 31.1 Å². The van der Waals surface area contributed by atoms with Crippen molar-refractivity contribution >= 4 is 5.69 Å². The molecule has 0 unspecified atom stereocenters. The minimum atomic E-state index is 1.13. The van der Waals surface area contributed by atoms with Crippen LogP contribution in [0.5, 0.6) is 0 Å². The lowest BCUT2D eigenvalue weighted by molar-refractivity contribution is -0.914. The summed E-state index contributed by atoms with van der Waals surface area (Å²) in [5, 5.41) is 0. The van der Waals surface area contributed by atoms with Crippen LogP contribution < -0.4 is 9.80 Å². The monoisotopic (exact) mass is 309 g/mol. The summed E-state index contributed by atoms with van der Waals surface area (Å²) in [6.45, 7) is 12.6. The van der Waals surface area contributed by atoms with Gasteiger partial charge in [-0.05, 0) is 43.0 Å². The third-order valence-corrected chi connectivity index (χ3v) is 5.27. The van der Waals surface area contributed by atoms with Crippen LogP contribution in [0.3, 0.4) is 0 Å². The molecule has 2 nitrogen and oxygen atoms in total. The Bertz CT molecular complexity index is 637. The number of rotatable bonds is 4. The van der Waals surface area contributed by atoms with Gasteiger partial charge in [-0.25, -0.2) is 0 Å². The summed E-state index contributed by atoms with van der Waals surface area (Å²) in [5.41, 5.74) is 7.16. The van der Waals surface area contributed by atoms with Gasteiger partial charge in [-0.2, -0.15) is 0 Å². The molecule has 0 radical (unpaired) electrons. The van der Waals surface area contributed by atoms with E-state index in [1.165, 1.54) is 41.0 Å². The number of benzene rings is 2. The van der Waals surface area contributed by atoms with Crippen LogP contribution in [0, 0.1) is 13.8 Å². The third-order valence-electron chi connectivity index (χ3n) is 5.27. The van der Waals surface area contributed by atoms with Crippen LogP contribution >= 0.6 is 0 Å². The van der Waals surface area contributed by atoms with Crippen molar-refractivity contribution < 1.29 is 4.90 Å². The number of quaternary nitrogens is 1. The van der Waals surface area contributed by atoms with Gasteiger partial charge < -0.3 is 9.80 Å². The lowest BCUT2D eigenvalue weighted by atomic mass is 10.1. The summed E-state index contributed by atoms with van der Waals surface area (Å²) in [7, 11) is 0. The molecule has 1 saturated heterocycles. The molecule has 1 N–H and O–H groups in total. The van der Waals surface area contributed by atoms with Crippen LogP contribution in [-0.4, -0.2) is 26.2 Å². The summed E-state index contributed by atoms with van der Waals surface area (Å²) in [5.74, 6) is 0. The van der Waals surface area contributed by atoms with Gasteiger partial charge in [0.15, 0.2) is 0 Å². The Morgan fingerprint density at radius 3 is 2.22 bits per heavy atom. The molecular formula is C21H29N2+. The molecule has 1 aliphatic rings. The smallest absolute Gasteiger partial charge is 0.103 e. The van der Waals surface area contributed by atoms with Crippen molar-refractivity contribution in [2.24, 2.45) is 0 Å². The van der Waals surface area contributed by atoms with Crippen LogP contribution in [0.15, 0.2) is 42.5 Å². The molecule has 0 bridgehead atoms. The van der Waals surface area contributed by atoms with Crippen molar-refractivity contribution in [3.05, 3.63) is 64.7 Å². The molecule has 3 rings (SSSR count). The molecule has 0 aliphatic carbocycles. The van der Waals surface area contributed by atoms with E-state index < -0.39 is 0 Å². The van der Waals surface area contributed by atoms with Gasteiger partial charge in [0.05, 0.1) is 26.2 Å². The van der Waals surface area contributed by atoms with E-state index in [1.54, 1.807) is 4.90 Å². The van der Waals surface area contributed by atoms with Gasteiger partial charge in [0, 0.05) is 11.3 Å². The summed E-state index contributed by atoms with van der Waals surface area (Å²) >= 11 is 0.